The maximum Gasteiger partial charge on any atom is 0.0907 e. The van der Waals surface area contributed by atoms with E-state index in [9.17, 15) is 5.11 Å². The molecule has 0 aromatic rings. The molecule has 2 fully saturated rings. The fraction of sp³-hybridized carbons (Fsp3) is 1.00. The minimum atomic E-state index is -0.504. The van der Waals surface area contributed by atoms with Crippen LogP contribution in [0.5, 0.6) is 0 Å². The maximum atomic E-state index is 10.1. The predicted octanol–water partition coefficient (Wildman–Crippen LogP) is -0.605. The van der Waals surface area contributed by atoms with Gasteiger partial charge in [0.15, 0.2) is 0 Å². The SMILES string of the molecule is CN1CCCC(NCC2(O)CCNC2)C1. The molecule has 2 aliphatic heterocycles. The zero-order valence-electron chi connectivity index (χ0n) is 9.63. The Labute approximate surface area is 92.0 Å². The summed E-state index contributed by atoms with van der Waals surface area (Å²) in [6, 6.07) is 0.563. The lowest BCUT2D eigenvalue weighted by Crippen LogP contribution is -2.50. The second-order valence-corrected chi connectivity index (χ2v) is 5.13. The van der Waals surface area contributed by atoms with E-state index in [0.29, 0.717) is 6.04 Å². The summed E-state index contributed by atoms with van der Waals surface area (Å²) in [5.74, 6) is 0. The molecule has 0 amide bonds. The van der Waals surface area contributed by atoms with Gasteiger partial charge >= 0.3 is 0 Å². The van der Waals surface area contributed by atoms with Crippen LogP contribution in [0.2, 0.25) is 0 Å². The van der Waals surface area contributed by atoms with Gasteiger partial charge in [0.2, 0.25) is 0 Å². The third-order valence-corrected chi connectivity index (χ3v) is 3.57. The van der Waals surface area contributed by atoms with Crippen LogP contribution in [0.25, 0.3) is 0 Å². The molecule has 4 nitrogen and oxygen atoms in total. The monoisotopic (exact) mass is 213 g/mol. The number of hydrogen-bond donors (Lipinski definition) is 3. The van der Waals surface area contributed by atoms with Gasteiger partial charge in [0.25, 0.3) is 0 Å². The first kappa shape index (κ1) is 11.3. The molecule has 2 aliphatic rings. The van der Waals surface area contributed by atoms with Gasteiger partial charge in [0.05, 0.1) is 5.60 Å². The number of likely N-dealkylation sites (tertiary alicyclic amines) is 1. The first-order chi connectivity index (χ1) is 7.18. The summed E-state index contributed by atoms with van der Waals surface area (Å²) in [6.45, 7) is 4.75. The van der Waals surface area contributed by atoms with Gasteiger partial charge in [-0.3, -0.25) is 0 Å². The number of likely N-dealkylation sites (N-methyl/N-ethyl adjacent to an activating group) is 1. The van der Waals surface area contributed by atoms with Crippen LogP contribution in [0.1, 0.15) is 19.3 Å². The predicted molar refractivity (Wildman–Crippen MR) is 61.0 cm³/mol. The molecule has 88 valence electrons. The number of aliphatic hydroxyl groups is 1. The third kappa shape index (κ3) is 3.14. The van der Waals surface area contributed by atoms with Crippen molar-refractivity contribution in [1.82, 2.24) is 15.5 Å². The molecule has 0 radical (unpaired) electrons. The lowest BCUT2D eigenvalue weighted by atomic mass is 10.0. The number of rotatable bonds is 3. The van der Waals surface area contributed by atoms with Gasteiger partial charge in [0, 0.05) is 25.7 Å². The quantitative estimate of drug-likeness (QED) is 0.586. The van der Waals surface area contributed by atoms with Crippen molar-refractivity contribution in [3.05, 3.63) is 0 Å². The third-order valence-electron chi connectivity index (χ3n) is 3.57. The molecule has 0 aromatic heterocycles. The van der Waals surface area contributed by atoms with Crippen molar-refractivity contribution in [2.24, 2.45) is 0 Å². The standard InChI is InChI=1S/C11H23N3O/c1-14-6-2-3-10(7-14)13-9-11(15)4-5-12-8-11/h10,12-13,15H,2-9H2,1H3. The van der Waals surface area contributed by atoms with E-state index in [1.165, 1.54) is 19.4 Å². The van der Waals surface area contributed by atoms with Gasteiger partial charge in [0.1, 0.15) is 0 Å². The highest BCUT2D eigenvalue weighted by Crippen LogP contribution is 2.14. The molecule has 2 rings (SSSR count). The van der Waals surface area contributed by atoms with Gasteiger partial charge in [-0.15, -0.1) is 0 Å². The van der Waals surface area contributed by atoms with E-state index in [4.69, 9.17) is 0 Å². The van der Waals surface area contributed by atoms with Crippen molar-refractivity contribution in [1.29, 1.82) is 0 Å². The highest BCUT2D eigenvalue weighted by molar-refractivity contribution is 4.91. The van der Waals surface area contributed by atoms with Gasteiger partial charge in [-0.1, -0.05) is 0 Å². The molecule has 15 heavy (non-hydrogen) atoms. The Morgan fingerprint density at radius 3 is 3.13 bits per heavy atom. The highest BCUT2D eigenvalue weighted by Gasteiger charge is 2.31. The van der Waals surface area contributed by atoms with E-state index in [-0.39, 0.29) is 0 Å². The number of nitrogens with zero attached hydrogens (tertiary/aromatic N) is 1. The Bertz CT molecular complexity index is 204. The molecular formula is C11H23N3O. The van der Waals surface area contributed by atoms with Crippen LogP contribution < -0.4 is 10.6 Å². The molecule has 0 aromatic carbocycles. The van der Waals surface area contributed by atoms with Gasteiger partial charge in [-0.05, 0) is 39.4 Å². The van der Waals surface area contributed by atoms with Crippen molar-refractivity contribution >= 4 is 0 Å². The van der Waals surface area contributed by atoms with Crippen LogP contribution in [-0.2, 0) is 0 Å². The summed E-state index contributed by atoms with van der Waals surface area (Å²) in [6.07, 6.45) is 3.39. The zero-order chi connectivity index (χ0) is 10.7. The van der Waals surface area contributed by atoms with Gasteiger partial charge in [-0.25, -0.2) is 0 Å². The molecular weight excluding hydrogens is 190 g/mol. The van der Waals surface area contributed by atoms with E-state index in [2.05, 4.69) is 22.6 Å². The molecule has 0 saturated carbocycles. The summed E-state index contributed by atoms with van der Waals surface area (Å²) in [5, 5.41) is 16.9. The molecule has 4 heteroatoms. The average Bonchev–Trinajstić information content (AvgIpc) is 2.63. The summed E-state index contributed by atoms with van der Waals surface area (Å²) in [5.41, 5.74) is -0.504. The first-order valence-corrected chi connectivity index (χ1v) is 6.03. The Kier molecular flexibility index (Phi) is 3.61. The smallest absolute Gasteiger partial charge is 0.0907 e. The summed E-state index contributed by atoms with van der Waals surface area (Å²) in [7, 11) is 2.17. The van der Waals surface area contributed by atoms with Crippen LogP contribution in [0, 0.1) is 0 Å². The lowest BCUT2D eigenvalue weighted by Gasteiger charge is -2.32. The molecule has 0 bridgehead atoms. The van der Waals surface area contributed by atoms with E-state index in [1.807, 2.05) is 0 Å². The Morgan fingerprint density at radius 1 is 1.60 bits per heavy atom. The number of hydrogen-bond acceptors (Lipinski definition) is 4. The van der Waals surface area contributed by atoms with Crippen molar-refractivity contribution in [2.75, 3.05) is 39.8 Å². The van der Waals surface area contributed by atoms with Crippen LogP contribution in [0.3, 0.4) is 0 Å². The van der Waals surface area contributed by atoms with Gasteiger partial charge < -0.3 is 20.6 Å². The number of β-amino-alcohol motifs (C(OH)–C–C–N with tert-alkyl or cyclic N) is 1. The fourth-order valence-corrected chi connectivity index (χ4v) is 2.55. The Morgan fingerprint density at radius 2 is 2.47 bits per heavy atom. The molecule has 2 unspecified atom stereocenters. The summed E-state index contributed by atoms with van der Waals surface area (Å²) >= 11 is 0. The van der Waals surface area contributed by atoms with Gasteiger partial charge in [-0.2, -0.15) is 0 Å². The van der Waals surface area contributed by atoms with Crippen molar-refractivity contribution in [3.8, 4) is 0 Å². The number of piperidine rings is 1. The summed E-state index contributed by atoms with van der Waals surface area (Å²) < 4.78 is 0. The van der Waals surface area contributed by atoms with Crippen molar-refractivity contribution in [3.63, 3.8) is 0 Å². The largest absolute Gasteiger partial charge is 0.387 e. The highest BCUT2D eigenvalue weighted by atomic mass is 16.3. The average molecular weight is 213 g/mol. The Hall–Kier alpha value is -0.160. The first-order valence-electron chi connectivity index (χ1n) is 6.03. The van der Waals surface area contributed by atoms with Crippen LogP contribution in [-0.4, -0.2) is 61.4 Å². The minimum Gasteiger partial charge on any atom is -0.387 e. The molecule has 0 aliphatic carbocycles. The lowest BCUT2D eigenvalue weighted by molar-refractivity contribution is 0.0544. The van der Waals surface area contributed by atoms with Crippen molar-refractivity contribution < 1.29 is 5.11 Å². The normalized spacial score (nSPS) is 38.4. The van der Waals surface area contributed by atoms with E-state index in [1.54, 1.807) is 0 Å². The van der Waals surface area contributed by atoms with Crippen LogP contribution in [0.15, 0.2) is 0 Å². The zero-order valence-corrected chi connectivity index (χ0v) is 9.63. The Balaban J connectivity index is 1.72. The van der Waals surface area contributed by atoms with Crippen LogP contribution >= 0.6 is 0 Å². The number of nitrogens with one attached hydrogen (secondary N) is 2. The van der Waals surface area contributed by atoms with E-state index < -0.39 is 5.60 Å². The molecule has 2 saturated heterocycles. The molecule has 3 N–H and O–H groups in total. The second-order valence-electron chi connectivity index (χ2n) is 5.13. The molecule has 0 spiro atoms. The maximum absolute atomic E-state index is 10.1. The molecule has 2 atom stereocenters. The summed E-state index contributed by atoms with van der Waals surface area (Å²) in [4.78, 5) is 2.36. The van der Waals surface area contributed by atoms with Crippen molar-refractivity contribution in [2.45, 2.75) is 30.9 Å². The van der Waals surface area contributed by atoms with E-state index in [0.717, 1.165) is 32.6 Å². The van der Waals surface area contributed by atoms with E-state index >= 15 is 0 Å². The molecule has 2 heterocycles. The van der Waals surface area contributed by atoms with Crippen LogP contribution in [0.4, 0.5) is 0 Å². The fourth-order valence-electron chi connectivity index (χ4n) is 2.55. The topological polar surface area (TPSA) is 47.5 Å². The second kappa shape index (κ2) is 4.78. The minimum absolute atomic E-state index is 0.504.